The summed E-state index contributed by atoms with van der Waals surface area (Å²) in [6.07, 6.45) is 6.74. The summed E-state index contributed by atoms with van der Waals surface area (Å²) in [4.78, 5) is 14.2. The fourth-order valence-corrected chi connectivity index (χ4v) is 5.91. The van der Waals surface area contributed by atoms with Gasteiger partial charge in [-0.1, -0.05) is 24.6 Å². The van der Waals surface area contributed by atoms with E-state index in [1.54, 1.807) is 0 Å². The first-order valence-corrected chi connectivity index (χ1v) is 9.98. The molecule has 23 heavy (non-hydrogen) atoms. The second-order valence-corrected chi connectivity index (χ2v) is 8.57. The van der Waals surface area contributed by atoms with E-state index in [0.29, 0.717) is 17.9 Å². The Hall–Kier alpha value is -1.00. The number of hydrogen-bond donors (Lipinski definition) is 2. The van der Waals surface area contributed by atoms with Crippen LogP contribution in [0, 0.1) is 17.8 Å². The van der Waals surface area contributed by atoms with Crippen LogP contribution in [0.1, 0.15) is 50.1 Å². The molecule has 0 radical (unpaired) electrons. The molecule has 4 heteroatoms. The molecule has 3 atom stereocenters. The zero-order chi connectivity index (χ0) is 15.8. The molecule has 3 nitrogen and oxygen atoms in total. The van der Waals surface area contributed by atoms with Crippen molar-refractivity contribution in [1.82, 2.24) is 5.32 Å². The number of nitrogens with two attached hydrogens (primary N) is 1. The summed E-state index contributed by atoms with van der Waals surface area (Å²) < 4.78 is 0. The van der Waals surface area contributed by atoms with Crippen LogP contribution in [0.15, 0.2) is 29.2 Å². The van der Waals surface area contributed by atoms with Crippen molar-refractivity contribution in [2.75, 3.05) is 5.75 Å². The summed E-state index contributed by atoms with van der Waals surface area (Å²) in [6.45, 7) is 0. The van der Waals surface area contributed by atoms with E-state index in [-0.39, 0.29) is 17.9 Å². The molecule has 3 aliphatic rings. The normalized spacial score (nSPS) is 36.1. The lowest BCUT2D eigenvalue weighted by Gasteiger charge is -2.43. The molecule has 0 spiro atoms. The molecule has 1 aliphatic heterocycles. The Morgan fingerprint density at radius 2 is 1.87 bits per heavy atom. The number of nitrogens with one attached hydrogen (secondary N) is 1. The van der Waals surface area contributed by atoms with E-state index < -0.39 is 0 Å². The third-order valence-electron chi connectivity index (χ3n) is 6.06. The van der Waals surface area contributed by atoms with E-state index in [1.807, 2.05) is 11.8 Å². The van der Waals surface area contributed by atoms with E-state index in [4.69, 9.17) is 5.73 Å². The topological polar surface area (TPSA) is 55.1 Å². The Bertz CT molecular complexity index is 576. The summed E-state index contributed by atoms with van der Waals surface area (Å²) in [5, 5.41) is 3.36. The number of hydrogen-bond acceptors (Lipinski definition) is 3. The Morgan fingerprint density at radius 3 is 2.65 bits per heavy atom. The standard InChI is InChI=1S/C19H26N2OS/c20-18-12-4-3-5-13(18)11-14(10-12)19(22)21-16-8-9-23-17-7-2-1-6-15(16)17/h1-2,6-7,12-14,16,18H,3-5,8-11,20H2,(H,21,22). The van der Waals surface area contributed by atoms with Crippen LogP contribution in [0.5, 0.6) is 0 Å². The molecular formula is C19H26N2OS. The van der Waals surface area contributed by atoms with Gasteiger partial charge >= 0.3 is 0 Å². The fraction of sp³-hybridized carbons (Fsp3) is 0.632. The zero-order valence-electron chi connectivity index (χ0n) is 13.5. The van der Waals surface area contributed by atoms with Crippen molar-refractivity contribution in [3.63, 3.8) is 0 Å². The molecule has 1 aromatic rings. The highest BCUT2D eigenvalue weighted by Crippen LogP contribution is 2.42. The van der Waals surface area contributed by atoms with Crippen LogP contribution in [0.25, 0.3) is 0 Å². The first-order chi connectivity index (χ1) is 11.2. The van der Waals surface area contributed by atoms with Gasteiger partial charge in [-0.2, -0.15) is 0 Å². The Labute approximate surface area is 142 Å². The van der Waals surface area contributed by atoms with Crippen LogP contribution in [0.4, 0.5) is 0 Å². The molecule has 3 N–H and O–H groups in total. The Kier molecular flexibility index (Phi) is 4.37. The summed E-state index contributed by atoms with van der Waals surface area (Å²) in [5.74, 6) is 2.65. The van der Waals surface area contributed by atoms with Crippen LogP contribution >= 0.6 is 11.8 Å². The summed E-state index contributed by atoms with van der Waals surface area (Å²) >= 11 is 1.90. The zero-order valence-corrected chi connectivity index (χ0v) is 14.4. The maximum absolute atomic E-state index is 12.9. The first-order valence-electron chi connectivity index (χ1n) is 9.00. The number of carbonyl (C=O) groups excluding carboxylic acids is 1. The predicted molar refractivity (Wildman–Crippen MR) is 94.2 cm³/mol. The minimum Gasteiger partial charge on any atom is -0.349 e. The highest BCUT2D eigenvalue weighted by atomic mass is 32.2. The van der Waals surface area contributed by atoms with E-state index in [1.165, 1.54) is 29.7 Å². The molecule has 2 aliphatic carbocycles. The number of amides is 1. The number of carbonyl (C=O) groups is 1. The van der Waals surface area contributed by atoms with Crippen molar-refractivity contribution in [3.05, 3.63) is 29.8 Å². The maximum Gasteiger partial charge on any atom is 0.223 e. The maximum atomic E-state index is 12.9. The summed E-state index contributed by atoms with van der Waals surface area (Å²) in [6, 6.07) is 9.02. The van der Waals surface area contributed by atoms with Gasteiger partial charge in [0, 0.05) is 22.6 Å². The Balaban J connectivity index is 1.45. The lowest BCUT2D eigenvalue weighted by molar-refractivity contribution is -0.128. The molecule has 0 saturated heterocycles. The third kappa shape index (κ3) is 3.03. The molecule has 1 heterocycles. The van der Waals surface area contributed by atoms with Gasteiger partial charge in [-0.05, 0) is 55.6 Å². The average Bonchev–Trinajstić information content (AvgIpc) is 2.55. The molecule has 4 rings (SSSR count). The SMILES string of the molecule is NC1C2CCCC1CC(C(=O)NC1CCSc3ccccc31)C2. The van der Waals surface area contributed by atoms with Crippen molar-refractivity contribution in [2.45, 2.75) is 55.5 Å². The van der Waals surface area contributed by atoms with Gasteiger partial charge in [0.25, 0.3) is 0 Å². The average molecular weight is 330 g/mol. The fourth-order valence-electron chi connectivity index (χ4n) is 4.78. The lowest BCUT2D eigenvalue weighted by Crippen LogP contribution is -2.49. The number of fused-ring (bicyclic) bond motifs is 3. The van der Waals surface area contributed by atoms with Gasteiger partial charge in [0.15, 0.2) is 0 Å². The second kappa shape index (κ2) is 6.48. The van der Waals surface area contributed by atoms with Crippen molar-refractivity contribution < 1.29 is 4.79 Å². The van der Waals surface area contributed by atoms with Crippen LogP contribution in [0.3, 0.4) is 0 Å². The van der Waals surface area contributed by atoms with E-state index >= 15 is 0 Å². The number of benzene rings is 1. The molecule has 0 aromatic heterocycles. The van der Waals surface area contributed by atoms with Crippen molar-refractivity contribution >= 4 is 17.7 Å². The highest BCUT2D eigenvalue weighted by molar-refractivity contribution is 7.99. The van der Waals surface area contributed by atoms with Crippen LogP contribution in [-0.4, -0.2) is 17.7 Å². The third-order valence-corrected chi connectivity index (χ3v) is 7.18. The Morgan fingerprint density at radius 1 is 1.13 bits per heavy atom. The smallest absolute Gasteiger partial charge is 0.223 e. The van der Waals surface area contributed by atoms with E-state index in [9.17, 15) is 4.79 Å². The monoisotopic (exact) mass is 330 g/mol. The van der Waals surface area contributed by atoms with Crippen LogP contribution < -0.4 is 11.1 Å². The van der Waals surface area contributed by atoms with Gasteiger partial charge in [-0.15, -0.1) is 11.8 Å². The van der Waals surface area contributed by atoms with Gasteiger partial charge in [0.05, 0.1) is 6.04 Å². The first kappa shape index (κ1) is 15.5. The molecule has 3 unspecified atom stereocenters. The predicted octanol–water partition coefficient (Wildman–Crippen LogP) is 3.49. The van der Waals surface area contributed by atoms with Gasteiger partial charge in [-0.3, -0.25) is 4.79 Å². The van der Waals surface area contributed by atoms with Crippen LogP contribution in [0.2, 0.25) is 0 Å². The summed E-state index contributed by atoms with van der Waals surface area (Å²) in [5.41, 5.74) is 7.66. The largest absolute Gasteiger partial charge is 0.349 e. The molecular weight excluding hydrogens is 304 g/mol. The van der Waals surface area contributed by atoms with Gasteiger partial charge in [-0.25, -0.2) is 0 Å². The minimum absolute atomic E-state index is 0.173. The molecule has 2 bridgehead atoms. The molecule has 124 valence electrons. The minimum atomic E-state index is 0.173. The number of rotatable bonds is 2. The van der Waals surface area contributed by atoms with E-state index in [2.05, 4.69) is 29.6 Å². The second-order valence-electron chi connectivity index (χ2n) is 7.43. The van der Waals surface area contributed by atoms with Crippen LogP contribution in [-0.2, 0) is 4.79 Å². The lowest BCUT2D eigenvalue weighted by atomic mass is 9.65. The van der Waals surface area contributed by atoms with Gasteiger partial charge < -0.3 is 11.1 Å². The molecule has 1 amide bonds. The number of thioether (sulfide) groups is 1. The van der Waals surface area contributed by atoms with Gasteiger partial charge in [0.1, 0.15) is 0 Å². The highest BCUT2D eigenvalue weighted by Gasteiger charge is 2.41. The molecule has 1 aromatic carbocycles. The van der Waals surface area contributed by atoms with Gasteiger partial charge in [0.2, 0.25) is 5.91 Å². The molecule has 2 fully saturated rings. The van der Waals surface area contributed by atoms with Crippen molar-refractivity contribution in [1.29, 1.82) is 0 Å². The van der Waals surface area contributed by atoms with E-state index in [0.717, 1.165) is 25.0 Å². The quantitative estimate of drug-likeness (QED) is 0.873. The van der Waals surface area contributed by atoms with Crippen molar-refractivity contribution in [2.24, 2.45) is 23.5 Å². The summed E-state index contributed by atoms with van der Waals surface area (Å²) in [7, 11) is 0. The van der Waals surface area contributed by atoms with Crippen molar-refractivity contribution in [3.8, 4) is 0 Å². The molecule has 2 saturated carbocycles.